The lowest BCUT2D eigenvalue weighted by molar-refractivity contribution is 0.0927. The summed E-state index contributed by atoms with van der Waals surface area (Å²) in [6, 6.07) is 2.59. The molecule has 2 aromatic rings. The van der Waals surface area contributed by atoms with Crippen molar-refractivity contribution in [3.63, 3.8) is 0 Å². The number of hydrogen-bond acceptors (Lipinski definition) is 4. The van der Waals surface area contributed by atoms with E-state index in [1.54, 1.807) is 0 Å². The molecule has 0 bridgehead atoms. The van der Waals surface area contributed by atoms with E-state index < -0.39 is 0 Å². The minimum Gasteiger partial charge on any atom is -0.349 e. The normalized spacial score (nSPS) is 19.6. The summed E-state index contributed by atoms with van der Waals surface area (Å²) in [5.41, 5.74) is 3.08. The maximum absolute atomic E-state index is 13.2. The molecule has 3 heterocycles. The van der Waals surface area contributed by atoms with Gasteiger partial charge in [-0.05, 0) is 66.0 Å². The topological polar surface area (TPSA) is 71.8 Å². The highest BCUT2D eigenvalue weighted by Crippen LogP contribution is 2.29. The van der Waals surface area contributed by atoms with E-state index in [1.165, 1.54) is 0 Å². The van der Waals surface area contributed by atoms with Gasteiger partial charge in [-0.1, -0.05) is 13.8 Å². The summed E-state index contributed by atoms with van der Waals surface area (Å²) in [7, 11) is 0. The Balaban J connectivity index is 0.00000210. The van der Waals surface area contributed by atoms with Gasteiger partial charge in [-0.25, -0.2) is 9.67 Å². The fraction of sp³-hybridized carbons (Fsp3) is 0.667. The second-order valence-electron chi connectivity index (χ2n) is 9.17. The third-order valence-corrected chi connectivity index (χ3v) is 5.26. The van der Waals surface area contributed by atoms with Gasteiger partial charge in [0.1, 0.15) is 0 Å². The fourth-order valence-corrected chi connectivity index (χ4v) is 3.78. The molecule has 0 radical (unpaired) electrons. The molecule has 29 heavy (non-hydrogen) atoms. The first-order valence-electron chi connectivity index (χ1n) is 10.0. The van der Waals surface area contributed by atoms with Crippen LogP contribution in [0, 0.1) is 6.92 Å². The predicted octanol–water partition coefficient (Wildman–Crippen LogP) is 4.33. The Morgan fingerprint density at radius 2 is 1.97 bits per heavy atom. The summed E-state index contributed by atoms with van der Waals surface area (Å²) in [5.74, 6) is 0.225. The number of pyridine rings is 1. The van der Waals surface area contributed by atoms with Crippen molar-refractivity contribution < 1.29 is 4.79 Å². The van der Waals surface area contributed by atoms with Gasteiger partial charge in [-0.15, -0.1) is 24.8 Å². The molecule has 1 saturated heterocycles. The van der Waals surface area contributed by atoms with E-state index in [0.29, 0.717) is 11.6 Å². The van der Waals surface area contributed by atoms with Gasteiger partial charge in [0, 0.05) is 17.8 Å². The van der Waals surface area contributed by atoms with Crippen LogP contribution in [0.1, 0.15) is 82.0 Å². The van der Waals surface area contributed by atoms with Crippen LogP contribution < -0.4 is 10.6 Å². The number of aryl methyl sites for hydroxylation is 1. The molecule has 1 aliphatic rings. The Morgan fingerprint density at radius 3 is 2.52 bits per heavy atom. The van der Waals surface area contributed by atoms with Crippen molar-refractivity contribution >= 4 is 41.8 Å². The van der Waals surface area contributed by atoms with E-state index in [2.05, 4.69) is 52.2 Å². The van der Waals surface area contributed by atoms with E-state index in [1.807, 2.05) is 17.7 Å². The molecule has 1 fully saturated rings. The van der Waals surface area contributed by atoms with Gasteiger partial charge in [0.15, 0.2) is 5.65 Å². The fourth-order valence-electron chi connectivity index (χ4n) is 3.78. The minimum absolute atomic E-state index is 0. The number of hydrogen-bond donors (Lipinski definition) is 2. The number of nitrogens with zero attached hydrogens (tertiary/aromatic N) is 3. The monoisotopic (exact) mass is 443 g/mol. The Labute approximate surface area is 186 Å². The van der Waals surface area contributed by atoms with Crippen molar-refractivity contribution in [2.24, 2.45) is 0 Å². The Hall–Kier alpha value is -1.37. The zero-order valence-electron chi connectivity index (χ0n) is 18.5. The van der Waals surface area contributed by atoms with Crippen molar-refractivity contribution in [3.8, 4) is 0 Å². The Morgan fingerprint density at radius 1 is 1.31 bits per heavy atom. The highest BCUT2D eigenvalue weighted by atomic mass is 35.5. The molecule has 2 aromatic heterocycles. The van der Waals surface area contributed by atoms with Crippen LogP contribution >= 0.6 is 24.8 Å². The summed E-state index contributed by atoms with van der Waals surface area (Å²) in [5, 5.41) is 12.3. The molecule has 3 rings (SSSR count). The first-order valence-corrected chi connectivity index (χ1v) is 10.0. The smallest absolute Gasteiger partial charge is 0.252 e. The second kappa shape index (κ2) is 9.63. The van der Waals surface area contributed by atoms with Gasteiger partial charge in [0.2, 0.25) is 0 Å². The average Bonchev–Trinajstić information content (AvgIpc) is 2.91. The number of amides is 1. The largest absolute Gasteiger partial charge is 0.349 e. The lowest BCUT2D eigenvalue weighted by atomic mass is 9.99. The summed E-state index contributed by atoms with van der Waals surface area (Å²) in [4.78, 5) is 18.1. The lowest BCUT2D eigenvalue weighted by Gasteiger charge is -2.28. The SMILES string of the molecule is Cc1nn(C(C)(C)C)c2nc(C(C)C)cc(C(=O)NC3CCNC(C)C3)c12.Cl.Cl. The third-order valence-electron chi connectivity index (χ3n) is 5.26. The van der Waals surface area contributed by atoms with Crippen LogP contribution in [0.15, 0.2) is 6.07 Å². The molecule has 2 atom stereocenters. The molecule has 164 valence electrons. The van der Waals surface area contributed by atoms with Gasteiger partial charge in [0.25, 0.3) is 5.91 Å². The maximum Gasteiger partial charge on any atom is 0.252 e. The van der Waals surface area contributed by atoms with Crippen LogP contribution in [0.3, 0.4) is 0 Å². The number of fused-ring (bicyclic) bond motifs is 1. The average molecular weight is 444 g/mol. The summed E-state index contributed by atoms with van der Waals surface area (Å²) in [6.07, 6.45) is 1.92. The van der Waals surface area contributed by atoms with E-state index in [4.69, 9.17) is 10.1 Å². The van der Waals surface area contributed by atoms with Crippen LogP contribution in [-0.2, 0) is 5.54 Å². The van der Waals surface area contributed by atoms with E-state index >= 15 is 0 Å². The quantitative estimate of drug-likeness (QED) is 0.739. The molecular formula is C21H35Cl2N5O. The number of rotatable bonds is 3. The molecule has 8 heteroatoms. The van der Waals surface area contributed by atoms with Crippen LogP contribution in [0.5, 0.6) is 0 Å². The minimum atomic E-state index is -0.201. The van der Waals surface area contributed by atoms with E-state index in [-0.39, 0.29) is 48.2 Å². The molecule has 0 aromatic carbocycles. The molecular weight excluding hydrogens is 409 g/mol. The van der Waals surface area contributed by atoms with Gasteiger partial charge in [-0.3, -0.25) is 4.79 Å². The molecule has 0 saturated carbocycles. The van der Waals surface area contributed by atoms with Crippen molar-refractivity contribution in [1.29, 1.82) is 0 Å². The third kappa shape index (κ3) is 5.41. The molecule has 0 spiro atoms. The summed E-state index contributed by atoms with van der Waals surface area (Å²) < 4.78 is 1.95. The van der Waals surface area contributed by atoms with Crippen molar-refractivity contribution in [3.05, 3.63) is 23.0 Å². The van der Waals surface area contributed by atoms with E-state index in [9.17, 15) is 4.79 Å². The molecule has 1 amide bonds. The number of piperidine rings is 1. The highest BCUT2D eigenvalue weighted by molar-refractivity contribution is 6.06. The lowest BCUT2D eigenvalue weighted by Crippen LogP contribution is -2.46. The Kier molecular flexibility index (Phi) is 8.52. The highest BCUT2D eigenvalue weighted by Gasteiger charge is 2.27. The van der Waals surface area contributed by atoms with Gasteiger partial charge in [-0.2, -0.15) is 5.10 Å². The molecule has 2 unspecified atom stereocenters. The molecule has 0 aliphatic carbocycles. The van der Waals surface area contributed by atoms with Gasteiger partial charge in [0.05, 0.1) is 22.2 Å². The summed E-state index contributed by atoms with van der Waals surface area (Å²) in [6.45, 7) is 15.6. The number of nitrogens with one attached hydrogen (secondary N) is 2. The van der Waals surface area contributed by atoms with Crippen LogP contribution in [0.2, 0.25) is 0 Å². The molecule has 1 aliphatic heterocycles. The first-order chi connectivity index (χ1) is 12.6. The number of halogens is 2. The van der Waals surface area contributed by atoms with Crippen molar-refractivity contribution in [2.75, 3.05) is 6.54 Å². The van der Waals surface area contributed by atoms with Crippen LogP contribution in [0.25, 0.3) is 11.0 Å². The second-order valence-corrected chi connectivity index (χ2v) is 9.17. The van der Waals surface area contributed by atoms with Crippen LogP contribution in [-0.4, -0.2) is 39.3 Å². The number of aromatic nitrogens is 3. The van der Waals surface area contributed by atoms with Crippen molar-refractivity contribution in [2.45, 2.75) is 84.8 Å². The van der Waals surface area contributed by atoms with Crippen LogP contribution in [0.4, 0.5) is 0 Å². The molecule has 6 nitrogen and oxygen atoms in total. The van der Waals surface area contributed by atoms with Gasteiger partial charge >= 0.3 is 0 Å². The van der Waals surface area contributed by atoms with Gasteiger partial charge < -0.3 is 10.6 Å². The predicted molar refractivity (Wildman–Crippen MR) is 124 cm³/mol. The maximum atomic E-state index is 13.2. The summed E-state index contributed by atoms with van der Waals surface area (Å²) >= 11 is 0. The zero-order chi connectivity index (χ0) is 19.9. The molecule has 2 N–H and O–H groups in total. The zero-order valence-corrected chi connectivity index (χ0v) is 20.1. The standard InChI is InChI=1S/C21H33N5O.2ClH/c1-12(2)17-11-16(20(27)23-15-8-9-22-13(3)10-15)18-14(4)25-26(19(18)24-17)21(5,6)7;;/h11-13,15,22H,8-10H2,1-7H3,(H,23,27);2*1H. The number of carbonyl (C=O) groups excluding carboxylic acids is 1. The Bertz CT molecular complexity index is 857. The number of carbonyl (C=O) groups is 1. The van der Waals surface area contributed by atoms with E-state index in [0.717, 1.165) is 41.8 Å². The van der Waals surface area contributed by atoms with Crippen molar-refractivity contribution in [1.82, 2.24) is 25.4 Å². The first kappa shape index (κ1) is 25.7.